The molecule has 0 saturated heterocycles. The van der Waals surface area contributed by atoms with Gasteiger partial charge >= 0.3 is 11.9 Å². The molecular weight excluding hydrogens is 620 g/mol. The van der Waals surface area contributed by atoms with Crippen LogP contribution in [-0.2, 0) is 19.1 Å². The van der Waals surface area contributed by atoms with Crippen LogP contribution in [0.25, 0.3) is 0 Å². The van der Waals surface area contributed by atoms with Crippen LogP contribution in [0.1, 0.15) is 206 Å². The highest BCUT2D eigenvalue weighted by molar-refractivity contribution is 5.70. The van der Waals surface area contributed by atoms with Crippen molar-refractivity contribution in [2.75, 3.05) is 13.2 Å². The molecule has 0 bridgehead atoms. The normalized spacial score (nSPS) is 12.6. The molecular formula is C45H80O5. The Balaban J connectivity index is 3.61. The summed E-state index contributed by atoms with van der Waals surface area (Å²) in [5.74, 6) is -0.652. The molecule has 290 valence electrons. The van der Waals surface area contributed by atoms with Crippen molar-refractivity contribution in [3.63, 3.8) is 0 Å². The Morgan fingerprint density at radius 3 is 1.28 bits per heavy atom. The van der Waals surface area contributed by atoms with Crippen molar-refractivity contribution in [3.05, 3.63) is 48.6 Å². The number of allylic oxidation sites excluding steroid dienone is 8. The van der Waals surface area contributed by atoms with Gasteiger partial charge in [-0.1, -0.05) is 172 Å². The molecule has 0 aromatic heterocycles. The Kier molecular flexibility index (Phi) is 39.5. The molecule has 0 unspecified atom stereocenters. The topological polar surface area (TPSA) is 72.8 Å². The van der Waals surface area contributed by atoms with Crippen molar-refractivity contribution < 1.29 is 24.2 Å². The summed E-state index contributed by atoms with van der Waals surface area (Å²) in [4.78, 5) is 24.3. The zero-order valence-electron chi connectivity index (χ0n) is 32.9. The minimum absolute atomic E-state index is 0.0927. The van der Waals surface area contributed by atoms with Crippen LogP contribution in [-0.4, -0.2) is 36.4 Å². The third-order valence-electron chi connectivity index (χ3n) is 9.10. The summed E-state index contributed by atoms with van der Waals surface area (Å²) in [5, 5.41) is 9.56. The molecule has 0 fully saturated rings. The smallest absolute Gasteiger partial charge is 0.306 e. The number of aliphatic hydroxyl groups excluding tert-OH is 1. The van der Waals surface area contributed by atoms with Crippen LogP contribution in [0.3, 0.4) is 0 Å². The number of carbonyl (C=O) groups is 2. The highest BCUT2D eigenvalue weighted by Gasteiger charge is 2.16. The monoisotopic (exact) mass is 701 g/mol. The van der Waals surface area contributed by atoms with Crippen molar-refractivity contribution in [1.82, 2.24) is 0 Å². The van der Waals surface area contributed by atoms with Crippen LogP contribution in [0, 0.1) is 0 Å². The molecule has 0 amide bonds. The van der Waals surface area contributed by atoms with Gasteiger partial charge < -0.3 is 14.6 Å². The second kappa shape index (κ2) is 41.3. The number of ether oxygens (including phenoxy) is 2. The minimum Gasteiger partial charge on any atom is -0.462 e. The van der Waals surface area contributed by atoms with Gasteiger partial charge in [0.05, 0.1) is 6.61 Å². The second-order valence-corrected chi connectivity index (χ2v) is 14.1. The van der Waals surface area contributed by atoms with E-state index in [4.69, 9.17) is 9.47 Å². The maximum atomic E-state index is 12.2. The predicted octanol–water partition coefficient (Wildman–Crippen LogP) is 13.4. The van der Waals surface area contributed by atoms with Crippen LogP contribution in [0.5, 0.6) is 0 Å². The molecule has 0 aromatic carbocycles. The predicted molar refractivity (Wildman–Crippen MR) is 214 cm³/mol. The van der Waals surface area contributed by atoms with E-state index in [-0.39, 0.29) is 25.2 Å². The third kappa shape index (κ3) is 38.7. The van der Waals surface area contributed by atoms with Crippen molar-refractivity contribution in [2.45, 2.75) is 213 Å². The van der Waals surface area contributed by atoms with Crippen LogP contribution >= 0.6 is 0 Å². The third-order valence-corrected chi connectivity index (χ3v) is 9.10. The molecule has 0 spiro atoms. The molecule has 0 aromatic rings. The Bertz CT molecular complexity index is 842. The van der Waals surface area contributed by atoms with Gasteiger partial charge in [0.1, 0.15) is 6.61 Å². The number of carbonyl (C=O) groups excluding carboxylic acids is 2. The van der Waals surface area contributed by atoms with Gasteiger partial charge in [0.15, 0.2) is 6.10 Å². The van der Waals surface area contributed by atoms with Gasteiger partial charge in [-0.3, -0.25) is 9.59 Å². The van der Waals surface area contributed by atoms with E-state index in [9.17, 15) is 14.7 Å². The number of rotatable bonds is 38. The number of hydrogen-bond acceptors (Lipinski definition) is 5. The number of hydrogen-bond donors (Lipinski definition) is 1. The van der Waals surface area contributed by atoms with Crippen molar-refractivity contribution >= 4 is 11.9 Å². The van der Waals surface area contributed by atoms with E-state index >= 15 is 0 Å². The van der Waals surface area contributed by atoms with Gasteiger partial charge in [-0.15, -0.1) is 0 Å². The molecule has 0 radical (unpaired) electrons. The van der Waals surface area contributed by atoms with Gasteiger partial charge in [-0.2, -0.15) is 0 Å². The molecule has 0 aliphatic carbocycles. The number of unbranched alkanes of at least 4 members (excludes halogenated alkanes) is 22. The lowest BCUT2D eigenvalue weighted by atomic mass is 10.1. The summed E-state index contributed by atoms with van der Waals surface area (Å²) in [6, 6.07) is 0. The zero-order valence-corrected chi connectivity index (χ0v) is 32.9. The number of esters is 2. The molecule has 0 aliphatic heterocycles. The standard InChI is InChI=1S/C45H80O5/c1-3-5-7-9-11-13-15-17-19-21-22-24-26-28-30-32-34-36-38-40-45(48)50-43(41-46)42-49-44(47)39-37-35-33-31-29-27-25-23-20-18-16-14-12-10-8-6-4-2/h17-20,25,27,31,33,43,46H,3-16,21-24,26,28-30,32,34-42H2,1-2H3/t43-/m0/s1. The summed E-state index contributed by atoms with van der Waals surface area (Å²) in [6.07, 6.45) is 51.8. The molecule has 0 heterocycles. The van der Waals surface area contributed by atoms with Crippen molar-refractivity contribution in [3.8, 4) is 0 Å². The minimum atomic E-state index is -0.792. The molecule has 50 heavy (non-hydrogen) atoms. The van der Waals surface area contributed by atoms with E-state index in [1.807, 2.05) is 0 Å². The van der Waals surface area contributed by atoms with E-state index in [1.165, 1.54) is 135 Å². The quantitative estimate of drug-likeness (QED) is 0.0394. The Morgan fingerprint density at radius 1 is 0.460 bits per heavy atom. The highest BCUT2D eigenvalue weighted by Crippen LogP contribution is 2.13. The van der Waals surface area contributed by atoms with Crippen molar-refractivity contribution in [1.29, 1.82) is 0 Å². The van der Waals surface area contributed by atoms with E-state index in [2.05, 4.69) is 62.5 Å². The highest BCUT2D eigenvalue weighted by atomic mass is 16.6. The van der Waals surface area contributed by atoms with Gasteiger partial charge in [0.25, 0.3) is 0 Å². The van der Waals surface area contributed by atoms with E-state index in [1.54, 1.807) is 0 Å². The summed E-state index contributed by atoms with van der Waals surface area (Å²) < 4.78 is 10.6. The molecule has 0 rings (SSSR count). The average molecular weight is 701 g/mol. The van der Waals surface area contributed by atoms with Gasteiger partial charge in [-0.25, -0.2) is 0 Å². The lowest BCUT2D eigenvalue weighted by molar-refractivity contribution is -0.161. The Morgan fingerprint density at radius 2 is 0.820 bits per heavy atom. The van der Waals surface area contributed by atoms with Crippen LogP contribution < -0.4 is 0 Å². The van der Waals surface area contributed by atoms with Crippen molar-refractivity contribution in [2.24, 2.45) is 0 Å². The summed E-state index contributed by atoms with van der Waals surface area (Å²) in [7, 11) is 0. The molecule has 5 nitrogen and oxygen atoms in total. The largest absolute Gasteiger partial charge is 0.462 e. The Labute approximate surface area is 309 Å². The first-order chi connectivity index (χ1) is 24.6. The molecule has 0 aliphatic rings. The lowest BCUT2D eigenvalue weighted by Crippen LogP contribution is -2.28. The summed E-state index contributed by atoms with van der Waals surface area (Å²) in [5.41, 5.74) is 0. The summed E-state index contributed by atoms with van der Waals surface area (Å²) >= 11 is 0. The van der Waals surface area contributed by atoms with Crippen LogP contribution in [0.15, 0.2) is 48.6 Å². The lowest BCUT2D eigenvalue weighted by Gasteiger charge is -2.15. The first kappa shape index (κ1) is 47.9. The maximum absolute atomic E-state index is 12.2. The fraction of sp³-hybridized carbons (Fsp3) is 0.778. The Hall–Kier alpha value is -2.14. The average Bonchev–Trinajstić information content (AvgIpc) is 3.12. The molecule has 1 N–H and O–H groups in total. The fourth-order valence-corrected chi connectivity index (χ4v) is 5.86. The van der Waals surface area contributed by atoms with Gasteiger partial charge in [0.2, 0.25) is 0 Å². The molecule has 1 atom stereocenters. The SMILES string of the molecule is CCCCCCCCC=CCC=CCC=CCCCC(=O)OC[C@H](CO)OC(=O)CCCCCCCCCCCC=CCCCCCCCC. The fourth-order valence-electron chi connectivity index (χ4n) is 5.86. The van der Waals surface area contributed by atoms with E-state index in [0.717, 1.165) is 38.5 Å². The van der Waals surface area contributed by atoms with E-state index < -0.39 is 6.10 Å². The first-order valence-electron chi connectivity index (χ1n) is 21.2. The summed E-state index contributed by atoms with van der Waals surface area (Å²) in [6.45, 7) is 4.09. The number of aliphatic hydroxyl groups is 1. The second-order valence-electron chi connectivity index (χ2n) is 14.1. The van der Waals surface area contributed by atoms with Gasteiger partial charge in [0, 0.05) is 12.8 Å². The van der Waals surface area contributed by atoms with Crippen LogP contribution in [0.4, 0.5) is 0 Å². The molecule has 5 heteroatoms. The van der Waals surface area contributed by atoms with Gasteiger partial charge in [-0.05, 0) is 70.6 Å². The van der Waals surface area contributed by atoms with E-state index in [0.29, 0.717) is 19.3 Å². The molecule has 0 saturated carbocycles. The van der Waals surface area contributed by atoms with Crippen LogP contribution in [0.2, 0.25) is 0 Å². The first-order valence-corrected chi connectivity index (χ1v) is 21.2. The zero-order chi connectivity index (χ0) is 36.4. The maximum Gasteiger partial charge on any atom is 0.306 e.